The molecule has 1 aliphatic heterocycles. The van der Waals surface area contributed by atoms with Crippen LogP contribution in [0.4, 0.5) is 0 Å². The average molecular weight is 521 g/mol. The van der Waals surface area contributed by atoms with Crippen LogP contribution in [0.15, 0.2) is 75.7 Å². The SMILES string of the molecule is CCOC(=O)COc1cccc(C=c2sc3n(c2=O)C(c2ccccc2)C(C(=O)OC(C)C)=C(C)N=3)c1. The fraction of sp³-hybridized carbons (Fsp3) is 0.286. The van der Waals surface area contributed by atoms with Crippen molar-refractivity contribution in [2.45, 2.75) is 39.8 Å². The van der Waals surface area contributed by atoms with Gasteiger partial charge in [0, 0.05) is 0 Å². The maximum atomic E-state index is 13.7. The molecule has 8 nitrogen and oxygen atoms in total. The molecule has 0 fully saturated rings. The Hall–Kier alpha value is -3.98. The molecule has 2 heterocycles. The minimum Gasteiger partial charge on any atom is -0.482 e. The van der Waals surface area contributed by atoms with Crippen molar-refractivity contribution in [2.75, 3.05) is 13.2 Å². The van der Waals surface area contributed by atoms with Crippen molar-refractivity contribution in [3.8, 4) is 5.75 Å². The van der Waals surface area contributed by atoms with Gasteiger partial charge in [-0.25, -0.2) is 14.6 Å². The zero-order chi connectivity index (χ0) is 26.5. The van der Waals surface area contributed by atoms with E-state index >= 15 is 0 Å². The predicted molar refractivity (Wildman–Crippen MR) is 140 cm³/mol. The lowest BCUT2D eigenvalue weighted by atomic mass is 9.96. The summed E-state index contributed by atoms with van der Waals surface area (Å²) in [4.78, 5) is 43.5. The van der Waals surface area contributed by atoms with Crippen LogP contribution in [0.1, 0.15) is 44.9 Å². The molecular weight excluding hydrogens is 492 g/mol. The molecule has 0 saturated carbocycles. The highest BCUT2D eigenvalue weighted by Gasteiger charge is 2.33. The van der Waals surface area contributed by atoms with Crippen LogP contribution in [-0.4, -0.2) is 35.8 Å². The second-order valence-corrected chi connectivity index (χ2v) is 9.62. The molecular formula is C28H28N2O6S. The molecule has 4 rings (SSSR count). The smallest absolute Gasteiger partial charge is 0.344 e. The number of esters is 2. The van der Waals surface area contributed by atoms with E-state index in [0.29, 0.717) is 26.4 Å². The zero-order valence-corrected chi connectivity index (χ0v) is 21.9. The van der Waals surface area contributed by atoms with Gasteiger partial charge in [-0.3, -0.25) is 9.36 Å². The Balaban J connectivity index is 1.77. The van der Waals surface area contributed by atoms with Crippen LogP contribution in [0.25, 0.3) is 6.08 Å². The average Bonchev–Trinajstić information content (AvgIpc) is 3.16. The number of carbonyl (C=O) groups excluding carboxylic acids is 2. The number of hydrogen-bond acceptors (Lipinski definition) is 8. The Morgan fingerprint density at radius 2 is 1.89 bits per heavy atom. The minimum atomic E-state index is -0.662. The summed E-state index contributed by atoms with van der Waals surface area (Å²) < 4.78 is 17.9. The largest absolute Gasteiger partial charge is 0.482 e. The monoisotopic (exact) mass is 520 g/mol. The third-order valence-electron chi connectivity index (χ3n) is 5.52. The van der Waals surface area contributed by atoms with E-state index in [2.05, 4.69) is 4.99 Å². The highest BCUT2D eigenvalue weighted by atomic mass is 32.1. The number of nitrogens with zero attached hydrogens (tertiary/aromatic N) is 2. The number of aromatic nitrogens is 1. The van der Waals surface area contributed by atoms with E-state index in [0.717, 1.165) is 11.1 Å². The van der Waals surface area contributed by atoms with Gasteiger partial charge in [-0.05, 0) is 57.0 Å². The summed E-state index contributed by atoms with van der Waals surface area (Å²) in [5.41, 5.74) is 2.10. The number of rotatable bonds is 8. The van der Waals surface area contributed by atoms with E-state index in [1.165, 1.54) is 11.3 Å². The quantitative estimate of drug-likeness (QED) is 0.424. The van der Waals surface area contributed by atoms with E-state index < -0.39 is 18.0 Å². The number of ether oxygens (including phenoxy) is 3. The number of allylic oxidation sites excluding steroid dienone is 1. The maximum absolute atomic E-state index is 13.7. The lowest BCUT2D eigenvalue weighted by molar-refractivity contribution is -0.145. The van der Waals surface area contributed by atoms with Gasteiger partial charge in [-0.1, -0.05) is 53.8 Å². The number of hydrogen-bond donors (Lipinski definition) is 0. The van der Waals surface area contributed by atoms with Crippen molar-refractivity contribution in [1.29, 1.82) is 0 Å². The highest BCUT2D eigenvalue weighted by molar-refractivity contribution is 7.07. The molecule has 37 heavy (non-hydrogen) atoms. The van der Waals surface area contributed by atoms with Crippen molar-refractivity contribution in [2.24, 2.45) is 4.99 Å². The fourth-order valence-electron chi connectivity index (χ4n) is 4.00. The molecule has 3 aromatic rings. The second kappa shape index (κ2) is 11.4. The van der Waals surface area contributed by atoms with Crippen molar-refractivity contribution in [1.82, 2.24) is 4.57 Å². The number of carbonyl (C=O) groups is 2. The van der Waals surface area contributed by atoms with Gasteiger partial charge >= 0.3 is 11.9 Å². The molecule has 0 N–H and O–H groups in total. The van der Waals surface area contributed by atoms with Crippen LogP contribution in [-0.2, 0) is 19.1 Å². The molecule has 0 spiro atoms. The van der Waals surface area contributed by atoms with Gasteiger partial charge in [0.1, 0.15) is 5.75 Å². The van der Waals surface area contributed by atoms with Crippen LogP contribution in [0.2, 0.25) is 0 Å². The summed E-state index contributed by atoms with van der Waals surface area (Å²) in [7, 11) is 0. The topological polar surface area (TPSA) is 96.2 Å². The van der Waals surface area contributed by atoms with Crippen LogP contribution in [0.5, 0.6) is 5.75 Å². The fourth-order valence-corrected chi connectivity index (χ4v) is 5.05. The molecule has 0 amide bonds. The Morgan fingerprint density at radius 3 is 2.59 bits per heavy atom. The molecule has 1 atom stereocenters. The summed E-state index contributed by atoms with van der Waals surface area (Å²) in [6, 6.07) is 15.8. The minimum absolute atomic E-state index is 0.203. The third-order valence-corrected chi connectivity index (χ3v) is 6.50. The third kappa shape index (κ3) is 5.89. The molecule has 0 radical (unpaired) electrons. The molecule has 9 heteroatoms. The van der Waals surface area contributed by atoms with Crippen molar-refractivity contribution >= 4 is 29.4 Å². The molecule has 1 aliphatic rings. The first kappa shape index (κ1) is 26.1. The van der Waals surface area contributed by atoms with Crippen LogP contribution < -0.4 is 19.6 Å². The number of fused-ring (bicyclic) bond motifs is 1. The van der Waals surface area contributed by atoms with Crippen LogP contribution >= 0.6 is 11.3 Å². The summed E-state index contributed by atoms with van der Waals surface area (Å²) >= 11 is 1.24. The van der Waals surface area contributed by atoms with Crippen LogP contribution in [0, 0.1) is 0 Å². The molecule has 1 aromatic heterocycles. The first-order chi connectivity index (χ1) is 17.8. The maximum Gasteiger partial charge on any atom is 0.344 e. The van der Waals surface area contributed by atoms with Gasteiger partial charge in [0.25, 0.3) is 5.56 Å². The normalized spacial score (nSPS) is 15.3. The van der Waals surface area contributed by atoms with Gasteiger partial charge in [-0.15, -0.1) is 0 Å². The number of benzene rings is 2. The summed E-state index contributed by atoms with van der Waals surface area (Å²) in [6.07, 6.45) is 1.43. The predicted octanol–water partition coefficient (Wildman–Crippen LogP) is 3.13. The summed E-state index contributed by atoms with van der Waals surface area (Å²) in [6.45, 7) is 7.13. The highest BCUT2D eigenvalue weighted by Crippen LogP contribution is 2.30. The van der Waals surface area contributed by atoms with E-state index in [9.17, 15) is 14.4 Å². The Morgan fingerprint density at radius 1 is 1.14 bits per heavy atom. The van der Waals surface area contributed by atoms with E-state index in [1.807, 2.05) is 36.4 Å². The molecule has 2 aromatic carbocycles. The van der Waals surface area contributed by atoms with Crippen molar-refractivity contribution in [3.05, 3.63) is 96.7 Å². The van der Waals surface area contributed by atoms with Crippen molar-refractivity contribution in [3.63, 3.8) is 0 Å². The van der Waals surface area contributed by atoms with Gasteiger partial charge in [-0.2, -0.15) is 0 Å². The standard InChI is InChI=1S/C28H28N2O6S/c1-5-34-23(31)16-35-21-13-9-10-19(14-21)15-22-26(32)30-25(20-11-7-6-8-12-20)24(27(33)36-17(2)3)18(4)29-28(30)37-22/h6-15,17,25H,5,16H2,1-4H3. The molecule has 0 saturated heterocycles. The van der Waals surface area contributed by atoms with E-state index in [-0.39, 0.29) is 24.9 Å². The zero-order valence-electron chi connectivity index (χ0n) is 21.1. The molecule has 1 unspecified atom stereocenters. The molecule has 0 aliphatic carbocycles. The van der Waals surface area contributed by atoms with Gasteiger partial charge in [0.05, 0.1) is 34.6 Å². The Bertz CT molecular complexity index is 1520. The van der Waals surface area contributed by atoms with Gasteiger partial charge in [0.15, 0.2) is 11.4 Å². The molecule has 192 valence electrons. The number of thiazole rings is 1. The van der Waals surface area contributed by atoms with Gasteiger partial charge in [0.2, 0.25) is 0 Å². The van der Waals surface area contributed by atoms with Crippen LogP contribution in [0.3, 0.4) is 0 Å². The van der Waals surface area contributed by atoms with E-state index in [1.54, 1.807) is 56.5 Å². The van der Waals surface area contributed by atoms with Crippen molar-refractivity contribution < 1.29 is 23.8 Å². The van der Waals surface area contributed by atoms with Gasteiger partial charge < -0.3 is 14.2 Å². The molecule has 0 bridgehead atoms. The second-order valence-electron chi connectivity index (χ2n) is 8.61. The first-order valence-corrected chi connectivity index (χ1v) is 12.8. The Kier molecular flexibility index (Phi) is 8.03. The summed E-state index contributed by atoms with van der Waals surface area (Å²) in [5.74, 6) is -0.471. The van der Waals surface area contributed by atoms with E-state index in [4.69, 9.17) is 14.2 Å². The summed E-state index contributed by atoms with van der Waals surface area (Å²) in [5, 5.41) is 0. The lowest BCUT2D eigenvalue weighted by Gasteiger charge is -2.25. The lowest BCUT2D eigenvalue weighted by Crippen LogP contribution is -2.40. The Labute approximate surface area is 218 Å². The first-order valence-electron chi connectivity index (χ1n) is 12.0.